The SMILES string of the molecule is CCc1c(Br)c([C@@H](CCN2CCOCC2)N(C)C(=O)OC(C)(C)C)nn1C. The topological polar surface area (TPSA) is 59.8 Å². The first kappa shape index (κ1) is 22.2. The quantitative estimate of drug-likeness (QED) is 0.672. The Morgan fingerprint density at radius 2 is 2.00 bits per heavy atom. The van der Waals surface area contributed by atoms with Crippen LogP contribution in [-0.2, 0) is 22.9 Å². The van der Waals surface area contributed by atoms with Crippen LogP contribution in [0, 0.1) is 0 Å². The number of hydrogen-bond acceptors (Lipinski definition) is 5. The van der Waals surface area contributed by atoms with Gasteiger partial charge in [-0.05, 0) is 49.5 Å². The van der Waals surface area contributed by atoms with E-state index < -0.39 is 5.60 Å². The molecule has 0 spiro atoms. The molecule has 2 rings (SSSR count). The average Bonchev–Trinajstić information content (AvgIpc) is 2.88. The van der Waals surface area contributed by atoms with E-state index in [4.69, 9.17) is 14.6 Å². The Hall–Kier alpha value is -1.12. The number of halogens is 1. The number of carbonyl (C=O) groups is 1. The molecule has 0 radical (unpaired) electrons. The Balaban J connectivity index is 2.23. The zero-order valence-corrected chi connectivity index (χ0v) is 19.0. The maximum Gasteiger partial charge on any atom is 0.410 e. The van der Waals surface area contributed by atoms with E-state index in [1.807, 2.05) is 32.5 Å². The van der Waals surface area contributed by atoms with E-state index in [1.165, 1.54) is 0 Å². The monoisotopic (exact) mass is 444 g/mol. The van der Waals surface area contributed by atoms with Crippen molar-refractivity contribution in [3.63, 3.8) is 0 Å². The lowest BCUT2D eigenvalue weighted by Crippen LogP contribution is -2.41. The second-order valence-corrected chi connectivity index (χ2v) is 8.77. The van der Waals surface area contributed by atoms with Gasteiger partial charge in [-0.15, -0.1) is 0 Å². The van der Waals surface area contributed by atoms with Crippen LogP contribution < -0.4 is 0 Å². The highest BCUT2D eigenvalue weighted by molar-refractivity contribution is 9.10. The summed E-state index contributed by atoms with van der Waals surface area (Å²) in [6.07, 6.45) is 1.33. The Morgan fingerprint density at radius 3 is 2.52 bits per heavy atom. The fourth-order valence-corrected chi connectivity index (χ4v) is 4.14. The fraction of sp³-hybridized carbons (Fsp3) is 0.789. The van der Waals surface area contributed by atoms with Crippen molar-refractivity contribution in [2.24, 2.45) is 7.05 Å². The Kier molecular flexibility index (Phi) is 7.71. The Morgan fingerprint density at radius 1 is 1.37 bits per heavy atom. The highest BCUT2D eigenvalue weighted by Gasteiger charge is 2.31. The maximum atomic E-state index is 12.7. The van der Waals surface area contributed by atoms with Gasteiger partial charge in [0.25, 0.3) is 0 Å². The standard InChI is InChI=1S/C19H33BrN4O3/c1-7-14-16(20)17(21-23(14)6)15(8-9-24-10-12-26-13-11-24)22(5)18(25)27-19(2,3)4/h15H,7-13H2,1-6H3/t15-/m1/s1. The molecular weight excluding hydrogens is 412 g/mol. The molecule has 1 aliphatic heterocycles. The molecule has 1 aliphatic rings. The van der Waals surface area contributed by atoms with Gasteiger partial charge in [-0.1, -0.05) is 6.92 Å². The predicted molar refractivity (Wildman–Crippen MR) is 109 cm³/mol. The molecule has 0 N–H and O–H groups in total. The van der Waals surface area contributed by atoms with E-state index >= 15 is 0 Å². The molecule has 1 aromatic heterocycles. The summed E-state index contributed by atoms with van der Waals surface area (Å²) in [6.45, 7) is 12.0. The van der Waals surface area contributed by atoms with Crippen LogP contribution in [0.2, 0.25) is 0 Å². The molecule has 27 heavy (non-hydrogen) atoms. The number of aromatic nitrogens is 2. The first-order valence-electron chi connectivity index (χ1n) is 9.61. The minimum atomic E-state index is -0.532. The van der Waals surface area contributed by atoms with Crippen LogP contribution in [0.5, 0.6) is 0 Å². The normalized spacial score (nSPS) is 17.0. The molecule has 2 heterocycles. The van der Waals surface area contributed by atoms with E-state index in [0.29, 0.717) is 0 Å². The summed E-state index contributed by atoms with van der Waals surface area (Å²) in [5.74, 6) is 0. The van der Waals surface area contributed by atoms with Crippen molar-refractivity contribution in [3.8, 4) is 0 Å². The van der Waals surface area contributed by atoms with Crippen molar-refractivity contribution in [1.82, 2.24) is 19.6 Å². The largest absolute Gasteiger partial charge is 0.444 e. The van der Waals surface area contributed by atoms with E-state index in [2.05, 4.69) is 27.8 Å². The number of rotatable bonds is 6. The summed E-state index contributed by atoms with van der Waals surface area (Å²) in [5.41, 5.74) is 1.48. The van der Waals surface area contributed by atoms with E-state index in [0.717, 1.165) is 61.6 Å². The van der Waals surface area contributed by atoms with Crippen molar-refractivity contribution in [2.45, 2.75) is 52.2 Å². The third kappa shape index (κ3) is 5.93. The van der Waals surface area contributed by atoms with Crippen LogP contribution >= 0.6 is 15.9 Å². The Bertz CT molecular complexity index is 636. The molecule has 7 nitrogen and oxygen atoms in total. The molecule has 0 unspecified atom stereocenters. The highest BCUT2D eigenvalue weighted by Crippen LogP contribution is 2.32. The first-order chi connectivity index (χ1) is 12.6. The van der Waals surface area contributed by atoms with Crippen molar-refractivity contribution < 1.29 is 14.3 Å². The van der Waals surface area contributed by atoms with E-state index in [1.54, 1.807) is 11.9 Å². The molecular formula is C19H33BrN4O3. The highest BCUT2D eigenvalue weighted by atomic mass is 79.9. The van der Waals surface area contributed by atoms with Gasteiger partial charge in [0.05, 0.1) is 35.1 Å². The molecule has 1 atom stereocenters. The van der Waals surface area contributed by atoms with Crippen LogP contribution in [0.3, 0.4) is 0 Å². The zero-order chi connectivity index (χ0) is 20.2. The predicted octanol–water partition coefficient (Wildman–Crippen LogP) is 3.38. The molecule has 0 bridgehead atoms. The second kappa shape index (κ2) is 9.39. The lowest BCUT2D eigenvalue weighted by Gasteiger charge is -2.32. The third-order valence-corrected chi connectivity index (χ3v) is 5.61. The molecule has 1 amide bonds. The van der Waals surface area contributed by atoms with Crippen LogP contribution in [0.25, 0.3) is 0 Å². The fourth-order valence-electron chi connectivity index (χ4n) is 3.26. The van der Waals surface area contributed by atoms with Crippen molar-refractivity contribution in [1.29, 1.82) is 0 Å². The minimum absolute atomic E-state index is 0.163. The molecule has 8 heteroatoms. The van der Waals surface area contributed by atoms with Crippen molar-refractivity contribution in [2.75, 3.05) is 39.9 Å². The van der Waals surface area contributed by atoms with Crippen LogP contribution in [0.4, 0.5) is 4.79 Å². The summed E-state index contributed by atoms with van der Waals surface area (Å²) >= 11 is 3.71. The van der Waals surface area contributed by atoms with Crippen molar-refractivity contribution >= 4 is 22.0 Å². The molecule has 0 aromatic carbocycles. The Labute approximate surface area is 171 Å². The van der Waals surface area contributed by atoms with Gasteiger partial charge >= 0.3 is 6.09 Å². The van der Waals surface area contributed by atoms with Gasteiger partial charge in [-0.3, -0.25) is 9.58 Å². The number of aryl methyl sites for hydroxylation is 1. The first-order valence-corrected chi connectivity index (χ1v) is 10.4. The lowest BCUT2D eigenvalue weighted by molar-refractivity contribution is 0.0147. The molecule has 1 saturated heterocycles. The number of carbonyl (C=O) groups excluding carboxylic acids is 1. The average molecular weight is 445 g/mol. The smallest absolute Gasteiger partial charge is 0.410 e. The van der Waals surface area contributed by atoms with Gasteiger partial charge in [-0.2, -0.15) is 5.10 Å². The number of nitrogens with zero attached hydrogens (tertiary/aromatic N) is 4. The second-order valence-electron chi connectivity index (χ2n) is 7.97. The van der Waals surface area contributed by atoms with E-state index in [9.17, 15) is 4.79 Å². The van der Waals surface area contributed by atoms with Crippen molar-refractivity contribution in [3.05, 3.63) is 15.9 Å². The van der Waals surface area contributed by atoms with Gasteiger partial charge in [0, 0.05) is 33.7 Å². The minimum Gasteiger partial charge on any atom is -0.444 e. The van der Waals surface area contributed by atoms with Gasteiger partial charge in [0.1, 0.15) is 5.60 Å². The summed E-state index contributed by atoms with van der Waals surface area (Å²) in [7, 11) is 3.74. The van der Waals surface area contributed by atoms with Crippen LogP contribution in [0.15, 0.2) is 4.47 Å². The van der Waals surface area contributed by atoms with Gasteiger partial charge in [0.15, 0.2) is 0 Å². The molecule has 1 fully saturated rings. The summed E-state index contributed by atoms with van der Waals surface area (Å²) in [4.78, 5) is 16.8. The summed E-state index contributed by atoms with van der Waals surface area (Å²) in [6, 6.07) is -0.163. The molecule has 154 valence electrons. The van der Waals surface area contributed by atoms with Crippen LogP contribution in [0.1, 0.15) is 51.5 Å². The lowest BCUT2D eigenvalue weighted by atomic mass is 10.1. The number of ether oxygens (including phenoxy) is 2. The van der Waals surface area contributed by atoms with Gasteiger partial charge < -0.3 is 14.4 Å². The third-order valence-electron chi connectivity index (χ3n) is 4.75. The zero-order valence-electron chi connectivity index (χ0n) is 17.4. The maximum absolute atomic E-state index is 12.7. The van der Waals surface area contributed by atoms with Crippen LogP contribution in [-0.4, -0.2) is 71.2 Å². The summed E-state index contributed by atoms with van der Waals surface area (Å²) in [5, 5.41) is 4.72. The summed E-state index contributed by atoms with van der Waals surface area (Å²) < 4.78 is 13.9. The van der Waals surface area contributed by atoms with E-state index in [-0.39, 0.29) is 12.1 Å². The molecule has 0 aliphatic carbocycles. The number of hydrogen-bond donors (Lipinski definition) is 0. The van der Waals surface area contributed by atoms with Gasteiger partial charge in [-0.25, -0.2) is 4.79 Å². The van der Waals surface area contributed by atoms with Gasteiger partial charge in [0.2, 0.25) is 0 Å². The number of morpholine rings is 1. The molecule has 0 saturated carbocycles. The number of amides is 1. The molecule has 1 aromatic rings.